The van der Waals surface area contributed by atoms with Crippen molar-refractivity contribution >= 4 is 34.6 Å². The normalized spacial score (nSPS) is 12.9. The molecule has 10 heteroatoms. The van der Waals surface area contributed by atoms with Crippen LogP contribution < -0.4 is 21.4 Å². The van der Waals surface area contributed by atoms with Crippen molar-refractivity contribution in [2.75, 3.05) is 6.61 Å². The van der Waals surface area contributed by atoms with Crippen molar-refractivity contribution in [3.63, 3.8) is 0 Å². The molecule has 2 atom stereocenters. The predicted octanol–water partition coefficient (Wildman–Crippen LogP) is 2.95. The van der Waals surface area contributed by atoms with Crippen LogP contribution in [0.3, 0.4) is 0 Å². The Kier molecular flexibility index (Phi) is 10.9. The number of benzene rings is 2. The van der Waals surface area contributed by atoms with Gasteiger partial charge in [-0.1, -0.05) is 56.3 Å². The molecule has 0 bridgehead atoms. The molecule has 0 aliphatic carbocycles. The van der Waals surface area contributed by atoms with Gasteiger partial charge in [-0.15, -0.1) is 0 Å². The van der Waals surface area contributed by atoms with Crippen molar-refractivity contribution in [2.24, 2.45) is 5.92 Å². The Morgan fingerprint density at radius 3 is 2.24 bits per heavy atom. The molecule has 2 aromatic rings. The lowest BCUT2D eigenvalue weighted by atomic mass is 10.0. The van der Waals surface area contributed by atoms with Gasteiger partial charge in [0.05, 0.1) is 13.0 Å². The summed E-state index contributed by atoms with van der Waals surface area (Å²) in [6.45, 7) is 10.9. The second-order valence-electron chi connectivity index (χ2n) is 10.2. The first-order valence-electron chi connectivity index (χ1n) is 12.3. The van der Waals surface area contributed by atoms with E-state index in [0.717, 1.165) is 16.3 Å². The molecule has 0 unspecified atom stereocenters. The van der Waals surface area contributed by atoms with Gasteiger partial charge in [0.25, 0.3) is 0 Å². The summed E-state index contributed by atoms with van der Waals surface area (Å²) >= 11 is 0. The largest absolute Gasteiger partial charge is 0.444 e. The van der Waals surface area contributed by atoms with Crippen molar-refractivity contribution in [2.45, 2.75) is 72.2 Å². The zero-order chi connectivity index (χ0) is 27.6. The van der Waals surface area contributed by atoms with Gasteiger partial charge in [-0.05, 0) is 49.9 Å². The predicted molar refractivity (Wildman–Crippen MR) is 140 cm³/mol. The molecule has 202 valence electrons. The summed E-state index contributed by atoms with van der Waals surface area (Å²) in [5, 5.41) is 9.86. The average molecular weight is 515 g/mol. The Bertz CT molecular complexity index is 1090. The molecule has 2 rings (SSSR count). The molecule has 0 aromatic heterocycles. The Morgan fingerprint density at radius 2 is 1.57 bits per heavy atom. The molecule has 0 heterocycles. The van der Waals surface area contributed by atoms with Gasteiger partial charge in [0, 0.05) is 6.54 Å². The van der Waals surface area contributed by atoms with E-state index in [1.165, 1.54) is 6.92 Å². The van der Waals surface area contributed by atoms with Crippen LogP contribution in [0.1, 0.15) is 53.5 Å². The van der Waals surface area contributed by atoms with Crippen molar-refractivity contribution in [3.05, 3.63) is 48.0 Å². The fraction of sp³-hybridized carbons (Fsp3) is 0.481. The Hall–Kier alpha value is -3.66. The van der Waals surface area contributed by atoms with Gasteiger partial charge < -0.3 is 20.7 Å². The van der Waals surface area contributed by atoms with Crippen LogP contribution in [0.15, 0.2) is 42.5 Å². The maximum absolute atomic E-state index is 12.9. The van der Waals surface area contributed by atoms with Crippen molar-refractivity contribution in [1.29, 1.82) is 0 Å². The minimum atomic E-state index is -1.29. The molecular formula is C27H38N4O6. The van der Waals surface area contributed by atoms with E-state index in [0.29, 0.717) is 0 Å². The van der Waals surface area contributed by atoms with Gasteiger partial charge in [0.15, 0.2) is 0 Å². The first-order valence-corrected chi connectivity index (χ1v) is 12.3. The molecule has 10 nitrogen and oxygen atoms in total. The van der Waals surface area contributed by atoms with E-state index < -0.39 is 47.9 Å². The number of carbonyl (C=O) groups excluding carboxylic acids is 4. The zero-order valence-corrected chi connectivity index (χ0v) is 22.3. The highest BCUT2D eigenvalue weighted by atomic mass is 16.7. The monoisotopic (exact) mass is 514 g/mol. The molecule has 4 amide bonds. The number of hydrogen-bond acceptors (Lipinski definition) is 6. The average Bonchev–Trinajstić information content (AvgIpc) is 2.80. The number of ether oxygens (including phenoxy) is 1. The van der Waals surface area contributed by atoms with Gasteiger partial charge in [0.1, 0.15) is 17.7 Å². The van der Waals surface area contributed by atoms with Gasteiger partial charge in [-0.3, -0.25) is 19.2 Å². The van der Waals surface area contributed by atoms with Crippen LogP contribution in [0.5, 0.6) is 0 Å². The Morgan fingerprint density at radius 1 is 0.892 bits per heavy atom. The number of carbonyl (C=O) groups is 4. The lowest BCUT2D eigenvalue weighted by Crippen LogP contribution is -2.54. The summed E-state index contributed by atoms with van der Waals surface area (Å²) in [6, 6.07) is 11.5. The van der Waals surface area contributed by atoms with Crippen LogP contribution in [0.4, 0.5) is 4.79 Å². The second kappa shape index (κ2) is 13.6. The summed E-state index contributed by atoms with van der Waals surface area (Å²) < 4.78 is 5.22. The number of rotatable bonds is 11. The summed E-state index contributed by atoms with van der Waals surface area (Å²) in [5.74, 6) is -1.54. The quantitative estimate of drug-likeness (QED) is 0.341. The molecule has 0 aliphatic heterocycles. The summed E-state index contributed by atoms with van der Waals surface area (Å²) in [6.07, 6.45) is -1.27. The summed E-state index contributed by atoms with van der Waals surface area (Å²) in [5.41, 5.74) is 2.39. The van der Waals surface area contributed by atoms with Crippen LogP contribution in [-0.4, -0.2) is 48.1 Å². The van der Waals surface area contributed by atoms with E-state index in [2.05, 4.69) is 21.4 Å². The molecule has 0 radical (unpaired) electrons. The van der Waals surface area contributed by atoms with E-state index in [1.807, 2.05) is 56.3 Å². The number of nitrogens with one attached hydrogen (secondary N) is 4. The van der Waals surface area contributed by atoms with Gasteiger partial charge >= 0.3 is 6.09 Å². The maximum Gasteiger partial charge on any atom is 0.408 e. The van der Waals surface area contributed by atoms with Crippen LogP contribution >= 0.6 is 0 Å². The van der Waals surface area contributed by atoms with Crippen LogP contribution in [0.2, 0.25) is 0 Å². The van der Waals surface area contributed by atoms with Crippen LogP contribution in [0.25, 0.3) is 10.8 Å². The lowest BCUT2D eigenvalue weighted by molar-refractivity contribution is -0.137. The van der Waals surface area contributed by atoms with Crippen molar-refractivity contribution < 1.29 is 28.8 Å². The number of amides is 4. The van der Waals surface area contributed by atoms with Gasteiger partial charge in [0.2, 0.25) is 17.7 Å². The first kappa shape index (κ1) is 29.6. The molecule has 0 aliphatic rings. The molecule has 0 fully saturated rings. The Balaban J connectivity index is 2.00. The minimum Gasteiger partial charge on any atom is -0.444 e. The molecule has 2 aromatic carbocycles. The van der Waals surface area contributed by atoms with E-state index in [-0.39, 0.29) is 19.1 Å². The fourth-order valence-electron chi connectivity index (χ4n) is 3.34. The van der Waals surface area contributed by atoms with E-state index >= 15 is 0 Å². The fourth-order valence-corrected chi connectivity index (χ4v) is 3.34. The third kappa shape index (κ3) is 10.5. The zero-order valence-electron chi connectivity index (χ0n) is 22.3. The highest BCUT2D eigenvalue weighted by molar-refractivity contribution is 5.94. The van der Waals surface area contributed by atoms with Gasteiger partial charge in [-0.2, -0.15) is 0 Å². The third-order valence-electron chi connectivity index (χ3n) is 5.08. The molecule has 37 heavy (non-hydrogen) atoms. The highest BCUT2D eigenvalue weighted by Gasteiger charge is 2.29. The van der Waals surface area contributed by atoms with E-state index in [4.69, 9.17) is 9.57 Å². The summed E-state index contributed by atoms with van der Waals surface area (Å²) in [4.78, 5) is 55.4. The van der Waals surface area contributed by atoms with Gasteiger partial charge in [-0.25, -0.2) is 10.3 Å². The number of fused-ring (bicyclic) bond motifs is 1. The standard InChI is InChI=1S/C27H38N4O6/c1-17(2)16-36-31-23(32)14-22(30-26(35)37-27(4,5)6)25(34)29-18(3)24(33)28-15-20-12-9-11-19-10-7-8-13-21(19)20/h7-13,17-18,22H,14-16H2,1-6H3,(H,28,33)(H,29,34)(H,30,35)(H,31,32)/t18-,22-/m0/s1. The first-order chi connectivity index (χ1) is 17.4. The highest BCUT2D eigenvalue weighted by Crippen LogP contribution is 2.18. The Labute approximate surface area is 217 Å². The van der Waals surface area contributed by atoms with Crippen LogP contribution in [0, 0.1) is 5.92 Å². The van der Waals surface area contributed by atoms with E-state index in [9.17, 15) is 19.2 Å². The topological polar surface area (TPSA) is 135 Å². The minimum absolute atomic E-state index is 0.188. The van der Waals surface area contributed by atoms with Crippen LogP contribution in [-0.2, 0) is 30.5 Å². The second-order valence-corrected chi connectivity index (χ2v) is 10.2. The molecule has 0 saturated heterocycles. The third-order valence-corrected chi connectivity index (χ3v) is 5.08. The molecule has 0 spiro atoms. The smallest absolute Gasteiger partial charge is 0.408 e. The molecule has 0 saturated carbocycles. The maximum atomic E-state index is 12.9. The van der Waals surface area contributed by atoms with Crippen molar-refractivity contribution in [1.82, 2.24) is 21.4 Å². The number of alkyl carbamates (subject to hydrolysis) is 1. The number of hydrogen-bond donors (Lipinski definition) is 4. The lowest BCUT2D eigenvalue weighted by Gasteiger charge is -2.24. The van der Waals surface area contributed by atoms with E-state index in [1.54, 1.807) is 20.8 Å². The number of hydroxylamine groups is 1. The molecular weight excluding hydrogens is 476 g/mol. The SMILES string of the molecule is CC(C)CONC(=O)C[C@H](NC(=O)OC(C)(C)C)C(=O)N[C@@H](C)C(=O)NCc1cccc2ccccc12. The summed E-state index contributed by atoms with van der Waals surface area (Å²) in [7, 11) is 0. The molecule has 4 N–H and O–H groups in total. The van der Waals surface area contributed by atoms with Crippen molar-refractivity contribution in [3.8, 4) is 0 Å².